The van der Waals surface area contributed by atoms with Gasteiger partial charge in [0.15, 0.2) is 0 Å². The zero-order valence-electron chi connectivity index (χ0n) is 11.3. The van der Waals surface area contributed by atoms with Crippen molar-refractivity contribution in [2.75, 3.05) is 10.5 Å². The Labute approximate surface area is 133 Å². The molecule has 8 heteroatoms. The average molecular weight is 346 g/mol. The second-order valence-corrected chi connectivity index (χ2v) is 7.00. The van der Waals surface area contributed by atoms with E-state index in [-0.39, 0.29) is 9.92 Å². The maximum Gasteiger partial charge on any atom is 0.262 e. The van der Waals surface area contributed by atoms with E-state index in [4.69, 9.17) is 28.9 Å². The van der Waals surface area contributed by atoms with Gasteiger partial charge in [0.05, 0.1) is 16.8 Å². The minimum atomic E-state index is -3.82. The van der Waals surface area contributed by atoms with Crippen molar-refractivity contribution in [3.05, 3.63) is 45.7 Å². The molecule has 3 N–H and O–H groups in total. The highest BCUT2D eigenvalue weighted by atomic mass is 35.5. The fraction of sp³-hybridized carbons (Fsp3) is 0.154. The summed E-state index contributed by atoms with van der Waals surface area (Å²) in [4.78, 5) is 3.93. The van der Waals surface area contributed by atoms with E-state index in [1.165, 1.54) is 18.3 Å². The highest BCUT2D eigenvalue weighted by molar-refractivity contribution is 7.92. The molecular weight excluding hydrogens is 333 g/mol. The van der Waals surface area contributed by atoms with Crippen molar-refractivity contribution >= 4 is 44.6 Å². The van der Waals surface area contributed by atoms with Gasteiger partial charge in [-0.25, -0.2) is 13.4 Å². The van der Waals surface area contributed by atoms with E-state index in [0.717, 1.165) is 0 Å². The number of nitrogens with two attached hydrogens (primary N) is 1. The summed E-state index contributed by atoms with van der Waals surface area (Å²) < 4.78 is 27.3. The largest absolute Gasteiger partial charge is 0.398 e. The number of hydrogen-bond acceptors (Lipinski definition) is 4. The van der Waals surface area contributed by atoms with Crippen molar-refractivity contribution in [1.82, 2.24) is 4.98 Å². The summed E-state index contributed by atoms with van der Waals surface area (Å²) in [6.07, 6.45) is 1.34. The zero-order chi connectivity index (χ0) is 15.8. The Morgan fingerprint density at radius 3 is 2.48 bits per heavy atom. The summed E-state index contributed by atoms with van der Waals surface area (Å²) in [7, 11) is -3.82. The second-order valence-electron chi connectivity index (χ2n) is 4.56. The molecule has 21 heavy (non-hydrogen) atoms. The molecule has 5 nitrogen and oxygen atoms in total. The first kappa shape index (κ1) is 15.9. The predicted molar refractivity (Wildman–Crippen MR) is 85.4 cm³/mol. The van der Waals surface area contributed by atoms with Crippen LogP contribution in [0.2, 0.25) is 10.2 Å². The first-order valence-corrected chi connectivity index (χ1v) is 8.15. The smallest absolute Gasteiger partial charge is 0.262 e. The molecule has 0 unspecified atom stereocenters. The van der Waals surface area contributed by atoms with Gasteiger partial charge in [-0.3, -0.25) is 4.72 Å². The lowest BCUT2D eigenvalue weighted by atomic mass is 10.2. The fourth-order valence-corrected chi connectivity index (χ4v) is 3.51. The van der Waals surface area contributed by atoms with Crippen LogP contribution in [0.1, 0.15) is 11.1 Å². The normalized spacial score (nSPS) is 11.4. The van der Waals surface area contributed by atoms with Crippen molar-refractivity contribution in [1.29, 1.82) is 0 Å². The molecule has 0 aliphatic carbocycles. The minimum Gasteiger partial charge on any atom is -0.398 e. The minimum absolute atomic E-state index is 0.0279. The second kappa shape index (κ2) is 5.71. The van der Waals surface area contributed by atoms with E-state index in [9.17, 15) is 8.42 Å². The molecule has 0 aliphatic heterocycles. The van der Waals surface area contributed by atoms with Crippen molar-refractivity contribution < 1.29 is 8.42 Å². The number of anilines is 2. The molecular formula is C13H13Cl2N3O2S. The molecule has 0 saturated carbocycles. The molecule has 0 fully saturated rings. The first-order valence-electron chi connectivity index (χ1n) is 5.91. The number of benzene rings is 1. The van der Waals surface area contributed by atoms with Crippen molar-refractivity contribution in [3.8, 4) is 0 Å². The number of sulfonamides is 1. The van der Waals surface area contributed by atoms with Crippen LogP contribution < -0.4 is 10.5 Å². The summed E-state index contributed by atoms with van der Waals surface area (Å²) in [5.41, 5.74) is 7.48. The Kier molecular flexibility index (Phi) is 4.32. The topological polar surface area (TPSA) is 85.1 Å². The van der Waals surface area contributed by atoms with Crippen LogP contribution in [0.25, 0.3) is 0 Å². The Morgan fingerprint density at radius 2 is 1.86 bits per heavy atom. The van der Waals surface area contributed by atoms with Crippen LogP contribution in [0.15, 0.2) is 29.3 Å². The van der Waals surface area contributed by atoms with Gasteiger partial charge in [0.25, 0.3) is 10.0 Å². The quantitative estimate of drug-likeness (QED) is 0.659. The van der Waals surface area contributed by atoms with E-state index in [0.29, 0.717) is 27.7 Å². The third kappa shape index (κ3) is 3.40. The van der Waals surface area contributed by atoms with Gasteiger partial charge in [0.1, 0.15) is 5.15 Å². The van der Waals surface area contributed by atoms with E-state index in [1.54, 1.807) is 19.9 Å². The number of nitrogens with zero attached hydrogens (tertiary/aromatic N) is 1. The molecule has 0 radical (unpaired) electrons. The maximum absolute atomic E-state index is 12.4. The van der Waals surface area contributed by atoms with Gasteiger partial charge in [-0.2, -0.15) is 0 Å². The lowest BCUT2D eigenvalue weighted by Gasteiger charge is -2.12. The van der Waals surface area contributed by atoms with Gasteiger partial charge >= 0.3 is 0 Å². The third-order valence-electron chi connectivity index (χ3n) is 2.92. The average Bonchev–Trinajstić information content (AvgIpc) is 2.37. The standard InChI is InChI=1S/C13H13Cl2N3O2S/c1-7-3-10(6-17-13(7)15)18-21(19,20)12-5-9(14)4-11(16)8(12)2/h3-6,18H,16H2,1-2H3. The number of aromatic nitrogens is 1. The van der Waals surface area contributed by atoms with Crippen LogP contribution >= 0.6 is 23.2 Å². The fourth-order valence-electron chi connectivity index (χ4n) is 1.78. The summed E-state index contributed by atoms with van der Waals surface area (Å²) >= 11 is 11.7. The molecule has 112 valence electrons. The Bertz CT molecular complexity index is 807. The number of hydrogen-bond donors (Lipinski definition) is 2. The van der Waals surface area contributed by atoms with Crippen LogP contribution in [-0.2, 0) is 10.0 Å². The van der Waals surface area contributed by atoms with Gasteiger partial charge in [-0.05, 0) is 43.2 Å². The molecule has 0 bridgehead atoms. The highest BCUT2D eigenvalue weighted by Gasteiger charge is 2.19. The maximum atomic E-state index is 12.4. The number of nitrogens with one attached hydrogen (secondary N) is 1. The van der Waals surface area contributed by atoms with Crippen LogP contribution in [0, 0.1) is 13.8 Å². The van der Waals surface area contributed by atoms with Crippen LogP contribution in [-0.4, -0.2) is 13.4 Å². The lowest BCUT2D eigenvalue weighted by molar-refractivity contribution is 0.600. The highest BCUT2D eigenvalue weighted by Crippen LogP contribution is 2.28. The number of rotatable bonds is 3. The summed E-state index contributed by atoms with van der Waals surface area (Å²) in [5, 5.41) is 0.574. The van der Waals surface area contributed by atoms with E-state index < -0.39 is 10.0 Å². The van der Waals surface area contributed by atoms with Crippen molar-refractivity contribution in [2.24, 2.45) is 0 Å². The van der Waals surface area contributed by atoms with Gasteiger partial charge in [-0.1, -0.05) is 23.2 Å². The zero-order valence-corrected chi connectivity index (χ0v) is 13.6. The Morgan fingerprint density at radius 1 is 1.19 bits per heavy atom. The summed E-state index contributed by atoms with van der Waals surface area (Å²) in [5.74, 6) is 0. The van der Waals surface area contributed by atoms with Crippen molar-refractivity contribution in [3.63, 3.8) is 0 Å². The molecule has 1 heterocycles. The Hall–Kier alpha value is -1.50. The van der Waals surface area contributed by atoms with Gasteiger partial charge in [0, 0.05) is 10.7 Å². The lowest BCUT2D eigenvalue weighted by Crippen LogP contribution is -2.15. The Balaban J connectivity index is 2.45. The third-order valence-corrected chi connectivity index (χ3v) is 5.04. The number of aryl methyl sites for hydroxylation is 1. The van der Waals surface area contributed by atoms with E-state index in [1.807, 2.05) is 0 Å². The van der Waals surface area contributed by atoms with Gasteiger partial charge in [-0.15, -0.1) is 0 Å². The molecule has 0 aliphatic rings. The van der Waals surface area contributed by atoms with Gasteiger partial charge in [0.2, 0.25) is 0 Å². The first-order chi connectivity index (χ1) is 9.70. The summed E-state index contributed by atoms with van der Waals surface area (Å²) in [6.45, 7) is 3.35. The molecule has 1 aromatic carbocycles. The SMILES string of the molecule is Cc1cc(NS(=O)(=O)c2cc(Cl)cc(N)c2C)cnc1Cl. The molecule has 0 atom stereocenters. The summed E-state index contributed by atoms with van der Waals surface area (Å²) in [6, 6.07) is 4.45. The van der Waals surface area contributed by atoms with Crippen LogP contribution in [0.3, 0.4) is 0 Å². The van der Waals surface area contributed by atoms with Crippen LogP contribution in [0.5, 0.6) is 0 Å². The van der Waals surface area contributed by atoms with E-state index in [2.05, 4.69) is 9.71 Å². The van der Waals surface area contributed by atoms with Crippen LogP contribution in [0.4, 0.5) is 11.4 Å². The molecule has 0 saturated heterocycles. The van der Waals surface area contributed by atoms with E-state index >= 15 is 0 Å². The molecule has 2 aromatic rings. The number of nitrogen functional groups attached to an aromatic ring is 1. The number of pyridine rings is 1. The molecule has 0 spiro atoms. The van der Waals surface area contributed by atoms with Gasteiger partial charge < -0.3 is 5.73 Å². The molecule has 0 amide bonds. The van der Waals surface area contributed by atoms with Crippen molar-refractivity contribution in [2.45, 2.75) is 18.7 Å². The predicted octanol–water partition coefficient (Wildman–Crippen LogP) is 3.39. The molecule has 1 aromatic heterocycles. The molecule has 2 rings (SSSR count). The number of halogens is 2. The monoisotopic (exact) mass is 345 g/mol.